The molecule has 1 aromatic carbocycles. The van der Waals surface area contributed by atoms with Crippen molar-refractivity contribution < 1.29 is 13.2 Å². The van der Waals surface area contributed by atoms with Gasteiger partial charge < -0.3 is 10.1 Å². The molecule has 0 radical (unpaired) electrons. The molecule has 1 saturated heterocycles. The molecular formula is C15H20N2O3S. The summed E-state index contributed by atoms with van der Waals surface area (Å²) in [4.78, 5) is 0.367. The van der Waals surface area contributed by atoms with Crippen LogP contribution in [0, 0.1) is 5.92 Å². The van der Waals surface area contributed by atoms with Gasteiger partial charge in [-0.1, -0.05) is 6.07 Å². The molecule has 4 rings (SSSR count). The van der Waals surface area contributed by atoms with Crippen molar-refractivity contribution in [3.63, 3.8) is 0 Å². The van der Waals surface area contributed by atoms with E-state index in [2.05, 4.69) is 10.0 Å². The number of nitrogens with one attached hydrogen (secondary N) is 2. The number of sulfonamides is 1. The summed E-state index contributed by atoms with van der Waals surface area (Å²) in [5, 5.41) is 3.23. The van der Waals surface area contributed by atoms with Crippen molar-refractivity contribution in [1.82, 2.24) is 10.0 Å². The molecule has 0 aromatic heterocycles. The Morgan fingerprint density at radius 3 is 2.76 bits per heavy atom. The number of ether oxygens (including phenoxy) is 1. The van der Waals surface area contributed by atoms with Crippen molar-refractivity contribution in [3.05, 3.63) is 29.3 Å². The molecule has 3 aliphatic rings. The van der Waals surface area contributed by atoms with Crippen LogP contribution < -0.4 is 10.0 Å². The smallest absolute Gasteiger partial charge is 0.240 e. The van der Waals surface area contributed by atoms with Crippen LogP contribution in [-0.4, -0.2) is 27.2 Å². The summed E-state index contributed by atoms with van der Waals surface area (Å²) in [5.41, 5.74) is 2.27. The van der Waals surface area contributed by atoms with E-state index in [-0.39, 0.29) is 12.1 Å². The maximum absolute atomic E-state index is 12.6. The van der Waals surface area contributed by atoms with E-state index in [9.17, 15) is 8.42 Å². The molecule has 1 saturated carbocycles. The van der Waals surface area contributed by atoms with Gasteiger partial charge in [0.15, 0.2) is 0 Å². The van der Waals surface area contributed by atoms with Crippen LogP contribution >= 0.6 is 0 Å². The van der Waals surface area contributed by atoms with E-state index in [1.165, 1.54) is 5.56 Å². The predicted molar refractivity (Wildman–Crippen MR) is 78.2 cm³/mol. The number of benzene rings is 1. The zero-order valence-corrected chi connectivity index (χ0v) is 12.7. The number of hydrogen-bond acceptors (Lipinski definition) is 4. The molecule has 114 valence electrons. The Labute approximate surface area is 125 Å². The molecular weight excluding hydrogens is 288 g/mol. The molecule has 2 heterocycles. The highest BCUT2D eigenvalue weighted by molar-refractivity contribution is 7.89. The number of rotatable bonds is 4. The predicted octanol–water partition coefficient (Wildman–Crippen LogP) is 1.14. The van der Waals surface area contributed by atoms with Crippen molar-refractivity contribution in [2.75, 3.05) is 6.61 Å². The Bertz CT molecular complexity index is 655. The third-order valence-electron chi connectivity index (χ3n) is 4.65. The molecule has 0 spiro atoms. The van der Waals surface area contributed by atoms with Crippen LogP contribution in [0.15, 0.2) is 23.1 Å². The molecule has 2 atom stereocenters. The summed E-state index contributed by atoms with van der Waals surface area (Å²) >= 11 is 0. The van der Waals surface area contributed by atoms with Crippen molar-refractivity contribution in [1.29, 1.82) is 0 Å². The van der Waals surface area contributed by atoms with Gasteiger partial charge in [-0.25, -0.2) is 13.1 Å². The minimum atomic E-state index is -3.46. The van der Waals surface area contributed by atoms with Crippen LogP contribution in [-0.2, 0) is 27.8 Å². The fraction of sp³-hybridized carbons (Fsp3) is 0.600. The molecule has 0 amide bonds. The topological polar surface area (TPSA) is 67.4 Å². The van der Waals surface area contributed by atoms with E-state index in [1.807, 2.05) is 6.07 Å². The average molecular weight is 308 g/mol. The molecule has 21 heavy (non-hydrogen) atoms. The van der Waals surface area contributed by atoms with Crippen LogP contribution in [0.3, 0.4) is 0 Å². The molecule has 5 nitrogen and oxygen atoms in total. The summed E-state index contributed by atoms with van der Waals surface area (Å²) in [6, 6.07) is 5.33. The number of hydrogen-bond donors (Lipinski definition) is 2. The van der Waals surface area contributed by atoms with Gasteiger partial charge in [-0.15, -0.1) is 0 Å². The molecule has 1 aliphatic carbocycles. The van der Waals surface area contributed by atoms with Crippen LogP contribution in [0.2, 0.25) is 0 Å². The van der Waals surface area contributed by atoms with Gasteiger partial charge in [0.1, 0.15) is 0 Å². The molecule has 6 heteroatoms. The largest absolute Gasteiger partial charge is 0.376 e. The quantitative estimate of drug-likeness (QED) is 0.875. The SMILES string of the molecule is O=S(=O)(NC1CCOC1C1CC1)c1ccc2c(c1)CNC2. The van der Waals surface area contributed by atoms with Gasteiger partial charge in [0, 0.05) is 19.7 Å². The first-order valence-corrected chi connectivity index (χ1v) is 9.08. The molecule has 2 fully saturated rings. The zero-order valence-electron chi connectivity index (χ0n) is 11.8. The molecule has 0 bridgehead atoms. The summed E-state index contributed by atoms with van der Waals surface area (Å²) in [6.07, 6.45) is 3.16. The fourth-order valence-electron chi connectivity index (χ4n) is 3.33. The summed E-state index contributed by atoms with van der Waals surface area (Å²) in [7, 11) is -3.46. The van der Waals surface area contributed by atoms with Crippen LogP contribution in [0.1, 0.15) is 30.4 Å². The highest BCUT2D eigenvalue weighted by atomic mass is 32.2. The van der Waals surface area contributed by atoms with E-state index < -0.39 is 10.0 Å². The Morgan fingerprint density at radius 1 is 1.14 bits per heavy atom. The van der Waals surface area contributed by atoms with Gasteiger partial charge in [-0.2, -0.15) is 0 Å². The molecule has 1 aromatic rings. The van der Waals surface area contributed by atoms with E-state index in [1.54, 1.807) is 12.1 Å². The van der Waals surface area contributed by atoms with E-state index in [0.717, 1.165) is 37.9 Å². The second-order valence-electron chi connectivity index (χ2n) is 6.22. The van der Waals surface area contributed by atoms with Gasteiger partial charge in [-0.3, -0.25) is 0 Å². The van der Waals surface area contributed by atoms with E-state index >= 15 is 0 Å². The van der Waals surface area contributed by atoms with E-state index in [0.29, 0.717) is 17.4 Å². The lowest BCUT2D eigenvalue weighted by Gasteiger charge is -2.19. The normalized spacial score (nSPS) is 28.8. The maximum Gasteiger partial charge on any atom is 0.240 e. The van der Waals surface area contributed by atoms with Gasteiger partial charge in [0.25, 0.3) is 0 Å². The van der Waals surface area contributed by atoms with Gasteiger partial charge in [0.05, 0.1) is 17.0 Å². The first-order chi connectivity index (χ1) is 10.1. The Balaban J connectivity index is 1.55. The Kier molecular flexibility index (Phi) is 3.29. The van der Waals surface area contributed by atoms with Crippen LogP contribution in [0.4, 0.5) is 0 Å². The minimum absolute atomic E-state index is 0.0656. The molecule has 2 aliphatic heterocycles. The maximum atomic E-state index is 12.6. The van der Waals surface area contributed by atoms with Gasteiger partial charge in [-0.05, 0) is 48.4 Å². The van der Waals surface area contributed by atoms with Crippen LogP contribution in [0.5, 0.6) is 0 Å². The lowest BCUT2D eigenvalue weighted by Crippen LogP contribution is -2.41. The lowest BCUT2D eigenvalue weighted by molar-refractivity contribution is 0.0848. The van der Waals surface area contributed by atoms with Gasteiger partial charge >= 0.3 is 0 Å². The third kappa shape index (κ3) is 2.61. The lowest BCUT2D eigenvalue weighted by atomic mass is 10.1. The second kappa shape index (κ2) is 5.05. The first-order valence-electron chi connectivity index (χ1n) is 7.60. The highest BCUT2D eigenvalue weighted by Gasteiger charge is 2.42. The summed E-state index contributed by atoms with van der Waals surface area (Å²) < 4.78 is 33.7. The summed E-state index contributed by atoms with van der Waals surface area (Å²) in [5.74, 6) is 0.546. The molecule has 2 unspecified atom stereocenters. The standard InChI is InChI=1S/C15H20N2O3S/c18-21(19,13-4-3-11-8-16-9-12(11)7-13)17-14-5-6-20-15(14)10-1-2-10/h3-4,7,10,14-17H,1-2,5-6,8-9H2. The Hall–Kier alpha value is -0.950. The monoisotopic (exact) mass is 308 g/mol. The molecule has 2 N–H and O–H groups in total. The number of fused-ring (bicyclic) bond motifs is 1. The van der Waals surface area contributed by atoms with Crippen molar-refractivity contribution in [3.8, 4) is 0 Å². The van der Waals surface area contributed by atoms with Crippen LogP contribution in [0.25, 0.3) is 0 Å². The van der Waals surface area contributed by atoms with Gasteiger partial charge in [0.2, 0.25) is 10.0 Å². The van der Waals surface area contributed by atoms with Crippen molar-refractivity contribution in [2.24, 2.45) is 5.92 Å². The van der Waals surface area contributed by atoms with E-state index in [4.69, 9.17) is 4.74 Å². The average Bonchev–Trinajstić information content (AvgIpc) is 3.01. The minimum Gasteiger partial charge on any atom is -0.376 e. The zero-order chi connectivity index (χ0) is 14.4. The highest BCUT2D eigenvalue weighted by Crippen LogP contribution is 2.39. The first kappa shape index (κ1) is 13.7. The fourth-order valence-corrected chi connectivity index (χ4v) is 4.66. The second-order valence-corrected chi connectivity index (χ2v) is 7.94. The van der Waals surface area contributed by atoms with Crippen molar-refractivity contribution >= 4 is 10.0 Å². The van der Waals surface area contributed by atoms with Crippen molar-refractivity contribution in [2.45, 2.75) is 49.4 Å². The Morgan fingerprint density at radius 2 is 1.95 bits per heavy atom. The summed E-state index contributed by atoms with van der Waals surface area (Å²) in [6.45, 7) is 2.22. The third-order valence-corrected chi connectivity index (χ3v) is 6.14.